The number of nitrogens with zero attached hydrogens (tertiary/aromatic N) is 2. The van der Waals surface area contributed by atoms with Crippen LogP contribution in [-0.4, -0.2) is 15.0 Å². The Kier molecular flexibility index (Phi) is 3.18. The molecule has 110 valence electrons. The average molecular weight is 300 g/mol. The number of aliphatic hydroxyl groups is 1. The van der Waals surface area contributed by atoms with Gasteiger partial charge in [-0.1, -0.05) is 0 Å². The maximum atomic E-state index is 11.8. The topological polar surface area (TPSA) is 120 Å². The first kappa shape index (κ1) is 13.6. The smallest absolute Gasteiger partial charge is 0.362 e. The van der Waals surface area contributed by atoms with Crippen LogP contribution in [0, 0.1) is 10.1 Å². The van der Waals surface area contributed by atoms with Crippen molar-refractivity contribution in [3.8, 4) is 0 Å². The number of non-ortho nitro benzene ring substituents is 1. The molecule has 3 rings (SSSR count). The zero-order valence-electron chi connectivity index (χ0n) is 10.9. The number of benzene rings is 1. The molecule has 0 fully saturated rings. The first-order valence-corrected chi connectivity index (χ1v) is 6.08. The maximum absolute atomic E-state index is 11.8. The van der Waals surface area contributed by atoms with Gasteiger partial charge in [-0.3, -0.25) is 10.1 Å². The van der Waals surface area contributed by atoms with E-state index in [1.807, 2.05) is 0 Å². The zero-order valence-corrected chi connectivity index (χ0v) is 10.9. The molecule has 0 unspecified atom stereocenters. The molecular formula is C14H8N2O6. The molecule has 3 aromatic rings. The Morgan fingerprint density at radius 3 is 2.86 bits per heavy atom. The highest BCUT2D eigenvalue weighted by Gasteiger charge is 2.12. The van der Waals surface area contributed by atoms with E-state index in [9.17, 15) is 20.0 Å². The van der Waals surface area contributed by atoms with E-state index in [2.05, 4.69) is 4.98 Å². The van der Waals surface area contributed by atoms with Crippen molar-refractivity contribution in [1.29, 1.82) is 0 Å². The molecule has 2 heterocycles. The molecule has 0 aliphatic heterocycles. The molecule has 0 aliphatic rings. The second-order valence-electron chi connectivity index (χ2n) is 4.30. The van der Waals surface area contributed by atoms with Gasteiger partial charge in [0.1, 0.15) is 5.52 Å². The van der Waals surface area contributed by atoms with Gasteiger partial charge in [0, 0.05) is 12.1 Å². The fraction of sp³-hybridized carbons (Fsp3) is 0. The zero-order chi connectivity index (χ0) is 15.7. The van der Waals surface area contributed by atoms with Crippen molar-refractivity contribution in [3.63, 3.8) is 0 Å². The third-order valence-electron chi connectivity index (χ3n) is 2.85. The second-order valence-corrected chi connectivity index (χ2v) is 4.30. The van der Waals surface area contributed by atoms with E-state index in [1.54, 1.807) is 6.07 Å². The number of fused-ring (bicyclic) bond motifs is 1. The van der Waals surface area contributed by atoms with Gasteiger partial charge in [0.2, 0.25) is 0 Å². The lowest BCUT2D eigenvalue weighted by atomic mass is 10.2. The summed E-state index contributed by atoms with van der Waals surface area (Å²) in [5, 5.41) is 20.5. The van der Waals surface area contributed by atoms with Gasteiger partial charge in [0.25, 0.3) is 5.69 Å². The quantitative estimate of drug-likeness (QED) is 0.448. The van der Waals surface area contributed by atoms with Crippen LogP contribution < -0.4 is 5.63 Å². The first-order valence-electron chi connectivity index (χ1n) is 6.08. The number of nitro benzene ring substituents is 1. The van der Waals surface area contributed by atoms with Gasteiger partial charge in [0.15, 0.2) is 22.8 Å². The Hall–Kier alpha value is -3.42. The van der Waals surface area contributed by atoms with E-state index in [0.717, 1.165) is 12.1 Å². The van der Waals surface area contributed by atoms with Crippen molar-refractivity contribution in [3.05, 3.63) is 68.6 Å². The number of hydrogen-bond acceptors (Lipinski definition) is 7. The van der Waals surface area contributed by atoms with E-state index in [1.165, 1.54) is 24.5 Å². The van der Waals surface area contributed by atoms with Crippen LogP contribution in [0.15, 0.2) is 50.2 Å². The van der Waals surface area contributed by atoms with Gasteiger partial charge in [-0.2, -0.15) is 0 Å². The van der Waals surface area contributed by atoms with E-state index < -0.39 is 10.5 Å². The maximum Gasteiger partial charge on any atom is 0.362 e. The lowest BCUT2D eigenvalue weighted by Crippen LogP contribution is -2.06. The van der Waals surface area contributed by atoms with E-state index in [4.69, 9.17) is 8.83 Å². The lowest BCUT2D eigenvalue weighted by molar-refractivity contribution is -0.384. The molecule has 0 bridgehead atoms. The Morgan fingerprint density at radius 2 is 2.18 bits per heavy atom. The molecule has 2 aromatic heterocycles. The minimum absolute atomic E-state index is 0.00571. The number of aliphatic hydroxyl groups excluding tert-OH is 1. The summed E-state index contributed by atoms with van der Waals surface area (Å²) in [6.07, 6.45) is 2.47. The van der Waals surface area contributed by atoms with Crippen LogP contribution in [0.2, 0.25) is 0 Å². The Bertz CT molecular complexity index is 940. The van der Waals surface area contributed by atoms with Crippen molar-refractivity contribution in [2.75, 3.05) is 0 Å². The van der Waals surface area contributed by atoms with Gasteiger partial charge in [0.05, 0.1) is 17.3 Å². The molecule has 0 spiro atoms. The Labute approximate surface area is 122 Å². The predicted molar refractivity (Wildman–Crippen MR) is 76.1 cm³/mol. The van der Waals surface area contributed by atoms with Crippen LogP contribution in [-0.2, 0) is 0 Å². The van der Waals surface area contributed by atoms with Crippen molar-refractivity contribution in [1.82, 2.24) is 4.98 Å². The van der Waals surface area contributed by atoms with Crippen LogP contribution in [0.3, 0.4) is 0 Å². The molecule has 8 nitrogen and oxygen atoms in total. The van der Waals surface area contributed by atoms with Crippen molar-refractivity contribution in [2.24, 2.45) is 0 Å². The Morgan fingerprint density at radius 1 is 1.36 bits per heavy atom. The fourth-order valence-corrected chi connectivity index (χ4v) is 1.83. The standard InChI is InChI=1S/C14H8N2O6/c17-11(12-2-1-5-21-12)7-10-14(18)22-13-6-8(16(19)20)3-4-9(13)15-10/h1-7,17H/b11-7-. The van der Waals surface area contributed by atoms with Crippen LogP contribution in [0.4, 0.5) is 5.69 Å². The summed E-state index contributed by atoms with van der Waals surface area (Å²) in [6, 6.07) is 6.81. The summed E-state index contributed by atoms with van der Waals surface area (Å²) in [5.41, 5.74) is -0.932. The monoisotopic (exact) mass is 300 g/mol. The van der Waals surface area contributed by atoms with Gasteiger partial charge >= 0.3 is 5.63 Å². The van der Waals surface area contributed by atoms with Gasteiger partial charge < -0.3 is 13.9 Å². The molecule has 0 amide bonds. The van der Waals surface area contributed by atoms with Gasteiger partial charge in [-0.05, 0) is 18.2 Å². The van der Waals surface area contributed by atoms with Crippen LogP contribution in [0.5, 0.6) is 0 Å². The number of furan rings is 1. The summed E-state index contributed by atoms with van der Waals surface area (Å²) in [4.78, 5) is 25.9. The molecule has 0 aliphatic carbocycles. The highest BCUT2D eigenvalue weighted by atomic mass is 16.6. The van der Waals surface area contributed by atoms with Crippen LogP contribution >= 0.6 is 0 Å². The minimum atomic E-state index is -0.828. The molecule has 1 N–H and O–H groups in total. The summed E-state index contributed by atoms with van der Waals surface area (Å²) in [6.45, 7) is 0. The van der Waals surface area contributed by atoms with Crippen LogP contribution in [0.25, 0.3) is 22.9 Å². The minimum Gasteiger partial charge on any atom is -0.504 e. The normalized spacial score (nSPS) is 11.7. The molecule has 0 radical (unpaired) electrons. The van der Waals surface area contributed by atoms with E-state index >= 15 is 0 Å². The largest absolute Gasteiger partial charge is 0.504 e. The SMILES string of the molecule is O=c1oc2cc([N+](=O)[O-])ccc2nc1/C=C(\O)c1ccco1. The highest BCUT2D eigenvalue weighted by Crippen LogP contribution is 2.19. The highest BCUT2D eigenvalue weighted by molar-refractivity contribution is 5.78. The number of hydrogen-bond donors (Lipinski definition) is 1. The molecule has 8 heteroatoms. The lowest BCUT2D eigenvalue weighted by Gasteiger charge is -1.99. The third-order valence-corrected chi connectivity index (χ3v) is 2.85. The number of aromatic nitrogens is 1. The Balaban J connectivity index is 2.10. The molecule has 1 aromatic carbocycles. The van der Waals surface area contributed by atoms with Crippen LogP contribution in [0.1, 0.15) is 11.5 Å². The third kappa shape index (κ3) is 2.44. The number of rotatable bonds is 3. The van der Waals surface area contributed by atoms with Gasteiger partial charge in [-0.25, -0.2) is 9.78 Å². The molecule has 0 saturated carbocycles. The molecule has 0 atom stereocenters. The second kappa shape index (κ2) is 5.17. The molecule has 0 saturated heterocycles. The fourth-order valence-electron chi connectivity index (χ4n) is 1.83. The van der Waals surface area contributed by atoms with Crippen molar-refractivity contribution in [2.45, 2.75) is 0 Å². The molecular weight excluding hydrogens is 292 g/mol. The summed E-state index contributed by atoms with van der Waals surface area (Å²) < 4.78 is 9.98. The first-order chi connectivity index (χ1) is 10.5. The summed E-state index contributed by atoms with van der Waals surface area (Å²) >= 11 is 0. The van der Waals surface area contributed by atoms with E-state index in [-0.39, 0.29) is 34.0 Å². The van der Waals surface area contributed by atoms with Crippen molar-refractivity contribution < 1.29 is 18.9 Å². The number of nitro groups is 1. The summed E-state index contributed by atoms with van der Waals surface area (Å²) in [5.74, 6) is -0.115. The van der Waals surface area contributed by atoms with Crippen molar-refractivity contribution >= 4 is 28.6 Å². The molecule has 22 heavy (non-hydrogen) atoms. The van der Waals surface area contributed by atoms with E-state index in [0.29, 0.717) is 0 Å². The average Bonchev–Trinajstić information content (AvgIpc) is 3.01. The summed E-state index contributed by atoms with van der Waals surface area (Å²) in [7, 11) is 0. The predicted octanol–water partition coefficient (Wildman–Crippen LogP) is 2.75. The van der Waals surface area contributed by atoms with Gasteiger partial charge in [-0.15, -0.1) is 0 Å².